The van der Waals surface area contributed by atoms with E-state index in [-0.39, 0.29) is 35.8 Å². The lowest BCUT2D eigenvalue weighted by Crippen LogP contribution is -2.55. The predicted molar refractivity (Wildman–Crippen MR) is 128 cm³/mol. The van der Waals surface area contributed by atoms with Crippen LogP contribution in [0.3, 0.4) is 0 Å². The third-order valence-corrected chi connectivity index (χ3v) is 9.18. The van der Waals surface area contributed by atoms with Crippen LogP contribution in [-0.4, -0.2) is 59.4 Å². The standard InChI is InChI=1S/C22H28ClN3O5S2/c1-22(2,3)26(21(28)29)17-10-12-25(13-11-17)33(30,31)19-9-8-18(32-19)14-24-20(27)15-4-6-16(23)7-5-15/h4-9,17H,10-14H2,1-3H3,(H,24,27)(H,28,29). The number of nitrogens with one attached hydrogen (secondary N) is 1. The van der Waals surface area contributed by atoms with E-state index < -0.39 is 21.7 Å². The molecule has 11 heteroatoms. The normalized spacial score (nSPS) is 15.9. The van der Waals surface area contributed by atoms with Crippen molar-refractivity contribution in [2.45, 2.75) is 55.9 Å². The van der Waals surface area contributed by atoms with Gasteiger partial charge >= 0.3 is 6.09 Å². The highest BCUT2D eigenvalue weighted by Gasteiger charge is 2.38. The number of hydrogen-bond donors (Lipinski definition) is 2. The number of piperidine rings is 1. The van der Waals surface area contributed by atoms with Gasteiger partial charge in [-0.1, -0.05) is 11.6 Å². The molecule has 0 saturated carbocycles. The minimum atomic E-state index is -3.68. The molecule has 0 unspecified atom stereocenters. The third kappa shape index (κ3) is 6.06. The van der Waals surface area contributed by atoms with Crippen molar-refractivity contribution < 1.29 is 23.1 Å². The maximum atomic E-state index is 13.1. The Hall–Kier alpha value is -2.14. The molecule has 180 valence electrons. The number of nitrogens with zero attached hydrogens (tertiary/aromatic N) is 2. The molecule has 0 radical (unpaired) electrons. The van der Waals surface area contributed by atoms with Crippen LogP contribution in [0, 0.1) is 0 Å². The van der Waals surface area contributed by atoms with Crippen molar-refractivity contribution >= 4 is 45.0 Å². The molecule has 1 aromatic heterocycles. The van der Waals surface area contributed by atoms with Crippen LogP contribution in [0.1, 0.15) is 48.8 Å². The fourth-order valence-corrected chi connectivity index (χ4v) is 6.97. The van der Waals surface area contributed by atoms with Gasteiger partial charge in [-0.25, -0.2) is 13.2 Å². The molecule has 2 N–H and O–H groups in total. The zero-order chi connectivity index (χ0) is 24.4. The number of halogens is 1. The minimum absolute atomic E-state index is 0.211. The van der Waals surface area contributed by atoms with E-state index in [1.807, 2.05) is 20.8 Å². The summed E-state index contributed by atoms with van der Waals surface area (Å²) in [6, 6.07) is 9.52. The number of carbonyl (C=O) groups is 2. The number of hydrogen-bond acceptors (Lipinski definition) is 5. The largest absolute Gasteiger partial charge is 0.465 e. The Bertz CT molecular complexity index is 1100. The molecule has 2 aromatic rings. The van der Waals surface area contributed by atoms with Crippen molar-refractivity contribution in [1.29, 1.82) is 0 Å². The Morgan fingerprint density at radius 2 is 1.76 bits per heavy atom. The Morgan fingerprint density at radius 1 is 1.15 bits per heavy atom. The minimum Gasteiger partial charge on any atom is -0.465 e. The summed E-state index contributed by atoms with van der Waals surface area (Å²) in [5.74, 6) is -0.270. The van der Waals surface area contributed by atoms with Gasteiger partial charge in [-0.2, -0.15) is 4.31 Å². The van der Waals surface area contributed by atoms with E-state index in [2.05, 4.69) is 5.32 Å². The molecule has 0 bridgehead atoms. The van der Waals surface area contributed by atoms with Crippen LogP contribution in [-0.2, 0) is 16.6 Å². The van der Waals surface area contributed by atoms with Crippen LogP contribution in [0.25, 0.3) is 0 Å². The summed E-state index contributed by atoms with van der Waals surface area (Å²) in [6.45, 7) is 6.24. The Labute approximate surface area is 203 Å². The highest BCUT2D eigenvalue weighted by Crippen LogP contribution is 2.30. The van der Waals surface area contributed by atoms with Crippen LogP contribution in [0.5, 0.6) is 0 Å². The van der Waals surface area contributed by atoms with E-state index in [0.29, 0.717) is 23.4 Å². The molecule has 1 saturated heterocycles. The van der Waals surface area contributed by atoms with E-state index in [9.17, 15) is 23.1 Å². The highest BCUT2D eigenvalue weighted by molar-refractivity contribution is 7.91. The zero-order valence-corrected chi connectivity index (χ0v) is 21.1. The van der Waals surface area contributed by atoms with Gasteiger partial charge in [-0.05, 0) is 70.0 Å². The topological polar surface area (TPSA) is 107 Å². The molecule has 1 aromatic carbocycles. The number of benzene rings is 1. The van der Waals surface area contributed by atoms with Crippen molar-refractivity contribution in [3.8, 4) is 0 Å². The van der Waals surface area contributed by atoms with E-state index in [4.69, 9.17) is 11.6 Å². The summed E-state index contributed by atoms with van der Waals surface area (Å²) in [7, 11) is -3.68. The van der Waals surface area contributed by atoms with Gasteiger partial charge in [0, 0.05) is 40.1 Å². The van der Waals surface area contributed by atoms with Gasteiger partial charge in [0.2, 0.25) is 0 Å². The molecule has 2 heterocycles. The molecule has 1 aliphatic rings. The fourth-order valence-electron chi connectivity index (χ4n) is 3.92. The summed E-state index contributed by atoms with van der Waals surface area (Å²) in [5, 5.41) is 12.9. The zero-order valence-electron chi connectivity index (χ0n) is 18.7. The second-order valence-electron chi connectivity index (χ2n) is 8.87. The van der Waals surface area contributed by atoms with Crippen molar-refractivity contribution in [3.05, 3.63) is 51.9 Å². The van der Waals surface area contributed by atoms with Crippen molar-refractivity contribution in [2.24, 2.45) is 0 Å². The number of carbonyl (C=O) groups excluding carboxylic acids is 1. The smallest absolute Gasteiger partial charge is 0.407 e. The Kier molecular flexibility index (Phi) is 7.73. The number of amides is 2. The van der Waals surface area contributed by atoms with Gasteiger partial charge < -0.3 is 15.3 Å². The van der Waals surface area contributed by atoms with E-state index in [1.165, 1.54) is 9.21 Å². The Balaban J connectivity index is 1.61. The van der Waals surface area contributed by atoms with E-state index in [1.54, 1.807) is 36.4 Å². The molecule has 0 atom stereocenters. The lowest BCUT2D eigenvalue weighted by Gasteiger charge is -2.43. The highest BCUT2D eigenvalue weighted by atomic mass is 35.5. The van der Waals surface area contributed by atoms with Crippen molar-refractivity contribution in [3.63, 3.8) is 0 Å². The number of carboxylic acid groups (broad SMARTS) is 1. The van der Waals surface area contributed by atoms with Crippen molar-refractivity contribution in [1.82, 2.24) is 14.5 Å². The summed E-state index contributed by atoms with van der Waals surface area (Å²) < 4.78 is 27.8. The molecule has 1 fully saturated rings. The maximum absolute atomic E-state index is 13.1. The molecule has 33 heavy (non-hydrogen) atoms. The summed E-state index contributed by atoms with van der Waals surface area (Å²) in [6.07, 6.45) is -0.108. The monoisotopic (exact) mass is 513 g/mol. The first kappa shape index (κ1) is 25.5. The molecule has 8 nitrogen and oxygen atoms in total. The summed E-state index contributed by atoms with van der Waals surface area (Å²) in [5.41, 5.74) is -0.0891. The molecule has 1 aliphatic heterocycles. The first-order valence-corrected chi connectivity index (χ1v) is 13.2. The average molecular weight is 514 g/mol. The second kappa shape index (κ2) is 10.0. The lowest BCUT2D eigenvalue weighted by molar-refractivity contribution is 0.0523. The van der Waals surface area contributed by atoms with Gasteiger partial charge in [0.15, 0.2) is 0 Å². The molecule has 0 aliphatic carbocycles. The van der Waals surface area contributed by atoms with E-state index >= 15 is 0 Å². The van der Waals surface area contributed by atoms with Crippen LogP contribution in [0.15, 0.2) is 40.6 Å². The van der Waals surface area contributed by atoms with Gasteiger partial charge in [-0.15, -0.1) is 11.3 Å². The predicted octanol–water partition coefficient (Wildman–Crippen LogP) is 4.26. The van der Waals surface area contributed by atoms with Crippen LogP contribution in [0.2, 0.25) is 5.02 Å². The van der Waals surface area contributed by atoms with Gasteiger partial charge in [0.05, 0.1) is 6.54 Å². The average Bonchev–Trinajstić information content (AvgIpc) is 3.22. The first-order chi connectivity index (χ1) is 15.4. The van der Waals surface area contributed by atoms with Crippen LogP contribution in [0.4, 0.5) is 4.79 Å². The maximum Gasteiger partial charge on any atom is 0.407 e. The van der Waals surface area contributed by atoms with Crippen LogP contribution >= 0.6 is 22.9 Å². The quantitative estimate of drug-likeness (QED) is 0.600. The molecular formula is C22H28ClN3O5S2. The van der Waals surface area contributed by atoms with Gasteiger partial charge in [0.1, 0.15) is 4.21 Å². The molecule has 3 rings (SSSR count). The number of rotatable bonds is 6. The Morgan fingerprint density at radius 3 is 2.30 bits per heavy atom. The lowest BCUT2D eigenvalue weighted by atomic mass is 9.98. The SMILES string of the molecule is CC(C)(C)N(C(=O)O)C1CCN(S(=O)(=O)c2ccc(CNC(=O)c3ccc(Cl)cc3)s2)CC1. The first-order valence-electron chi connectivity index (χ1n) is 10.5. The fraction of sp³-hybridized carbons (Fsp3) is 0.455. The number of thiophene rings is 1. The summed E-state index contributed by atoms with van der Waals surface area (Å²) >= 11 is 6.96. The summed E-state index contributed by atoms with van der Waals surface area (Å²) in [4.78, 5) is 26.1. The van der Waals surface area contributed by atoms with E-state index in [0.717, 1.165) is 16.2 Å². The van der Waals surface area contributed by atoms with Gasteiger partial charge in [-0.3, -0.25) is 4.79 Å². The van der Waals surface area contributed by atoms with Gasteiger partial charge in [0.25, 0.3) is 15.9 Å². The molecular weight excluding hydrogens is 486 g/mol. The second-order valence-corrected chi connectivity index (χ2v) is 12.6. The number of sulfonamides is 1. The molecule has 2 amide bonds. The third-order valence-electron chi connectivity index (χ3n) is 5.48. The van der Waals surface area contributed by atoms with Crippen molar-refractivity contribution in [2.75, 3.05) is 13.1 Å². The van der Waals surface area contributed by atoms with Crippen LogP contribution < -0.4 is 5.32 Å². The molecule has 0 spiro atoms.